The van der Waals surface area contributed by atoms with Crippen LogP contribution in [-0.4, -0.2) is 43.5 Å². The summed E-state index contributed by atoms with van der Waals surface area (Å²) in [6.45, 7) is 4.85. The summed E-state index contributed by atoms with van der Waals surface area (Å²) in [5.74, 6) is 0.328. The zero-order valence-corrected chi connectivity index (χ0v) is 16.2. The lowest BCUT2D eigenvalue weighted by molar-refractivity contribution is -0.130. The van der Waals surface area contributed by atoms with Gasteiger partial charge in [-0.3, -0.25) is 9.69 Å². The predicted octanol–water partition coefficient (Wildman–Crippen LogP) is 2.60. The summed E-state index contributed by atoms with van der Waals surface area (Å²) in [4.78, 5) is 15.5. The molecule has 0 spiro atoms. The first-order chi connectivity index (χ1) is 13.7. The Morgan fingerprint density at radius 1 is 1.18 bits per heavy atom. The van der Waals surface area contributed by atoms with Gasteiger partial charge in [0.05, 0.1) is 5.41 Å². The van der Waals surface area contributed by atoms with Crippen LogP contribution in [0.2, 0.25) is 0 Å². The topological polar surface area (TPSA) is 44.4 Å². The molecule has 148 valence electrons. The van der Waals surface area contributed by atoms with E-state index in [1.165, 1.54) is 11.6 Å². The van der Waals surface area contributed by atoms with Crippen molar-refractivity contribution in [3.8, 4) is 0 Å². The molecule has 0 unspecified atom stereocenters. The lowest BCUT2D eigenvalue weighted by Gasteiger charge is -2.27. The Labute approximate surface area is 166 Å². The van der Waals surface area contributed by atoms with Crippen LogP contribution < -0.4 is 10.6 Å². The van der Waals surface area contributed by atoms with Crippen molar-refractivity contribution in [2.24, 2.45) is 11.3 Å². The lowest BCUT2D eigenvalue weighted by Crippen LogP contribution is -2.47. The second-order valence-electron chi connectivity index (χ2n) is 8.09. The molecule has 2 saturated heterocycles. The third kappa shape index (κ3) is 3.96. The number of rotatable bonds is 7. The van der Waals surface area contributed by atoms with E-state index >= 15 is 0 Å². The van der Waals surface area contributed by atoms with E-state index in [2.05, 4.69) is 39.8 Å². The molecule has 2 aliphatic heterocycles. The summed E-state index contributed by atoms with van der Waals surface area (Å²) in [5.41, 5.74) is 1.66. The van der Waals surface area contributed by atoms with Crippen molar-refractivity contribution in [3.63, 3.8) is 0 Å². The van der Waals surface area contributed by atoms with Gasteiger partial charge in [0.2, 0.25) is 5.91 Å². The van der Waals surface area contributed by atoms with Crippen molar-refractivity contribution in [2.75, 3.05) is 32.7 Å². The molecule has 0 radical (unpaired) electrons. The minimum atomic E-state index is -0.340. The number of halogens is 1. The molecule has 28 heavy (non-hydrogen) atoms. The van der Waals surface area contributed by atoms with E-state index in [-0.39, 0.29) is 17.1 Å². The van der Waals surface area contributed by atoms with E-state index < -0.39 is 0 Å². The Bertz CT molecular complexity index is 813. The Hall–Kier alpha value is -2.24. The highest BCUT2D eigenvalue weighted by Crippen LogP contribution is 2.39. The molecule has 2 aromatic rings. The van der Waals surface area contributed by atoms with Gasteiger partial charge < -0.3 is 10.6 Å². The maximum absolute atomic E-state index is 13.7. The van der Waals surface area contributed by atoms with E-state index in [0.29, 0.717) is 24.4 Å². The Morgan fingerprint density at radius 2 is 1.96 bits per heavy atom. The number of nitrogens with one attached hydrogen (secondary N) is 2. The first kappa shape index (κ1) is 19.1. The quantitative estimate of drug-likeness (QED) is 0.725. The van der Waals surface area contributed by atoms with E-state index in [1.807, 2.05) is 18.2 Å². The summed E-state index contributed by atoms with van der Waals surface area (Å²) in [7, 11) is 0. The summed E-state index contributed by atoms with van der Waals surface area (Å²) < 4.78 is 13.7. The molecule has 4 rings (SSSR count). The monoisotopic (exact) mass is 381 g/mol. The zero-order valence-electron chi connectivity index (χ0n) is 16.2. The summed E-state index contributed by atoms with van der Waals surface area (Å²) in [5, 5.41) is 6.55. The van der Waals surface area contributed by atoms with Gasteiger partial charge in [0.15, 0.2) is 0 Å². The van der Waals surface area contributed by atoms with E-state index in [9.17, 15) is 9.18 Å². The summed E-state index contributed by atoms with van der Waals surface area (Å²) in [6, 6.07) is 17.3. The van der Waals surface area contributed by atoms with Gasteiger partial charge in [-0.25, -0.2) is 4.39 Å². The van der Waals surface area contributed by atoms with Crippen LogP contribution in [0.1, 0.15) is 17.5 Å². The van der Waals surface area contributed by atoms with Crippen LogP contribution in [0.25, 0.3) is 0 Å². The van der Waals surface area contributed by atoms with E-state index in [0.717, 1.165) is 39.1 Å². The molecule has 2 heterocycles. The Morgan fingerprint density at radius 3 is 2.79 bits per heavy atom. The van der Waals surface area contributed by atoms with Gasteiger partial charge in [-0.05, 0) is 30.0 Å². The number of benzene rings is 2. The second-order valence-corrected chi connectivity index (χ2v) is 8.09. The fraction of sp³-hybridized carbons (Fsp3) is 0.435. The molecule has 2 atom stereocenters. The SMILES string of the molecule is O=C(NCCCc1ccccc1F)[C@@]12CNC[C@@H]1CN(Cc1ccccc1)C2. The van der Waals surface area contributed by atoms with Crippen LogP contribution in [-0.2, 0) is 17.8 Å². The smallest absolute Gasteiger partial charge is 0.229 e. The lowest BCUT2D eigenvalue weighted by atomic mass is 9.80. The zero-order chi connectivity index (χ0) is 19.4. The highest BCUT2D eigenvalue weighted by Gasteiger charge is 2.54. The molecule has 2 aromatic carbocycles. The van der Waals surface area contributed by atoms with E-state index in [4.69, 9.17) is 0 Å². The van der Waals surface area contributed by atoms with Crippen LogP contribution in [0.5, 0.6) is 0 Å². The van der Waals surface area contributed by atoms with Crippen LogP contribution in [0.15, 0.2) is 54.6 Å². The highest BCUT2D eigenvalue weighted by molar-refractivity contribution is 5.84. The number of amides is 1. The molecule has 4 nitrogen and oxygen atoms in total. The largest absolute Gasteiger partial charge is 0.356 e. The number of hydrogen-bond acceptors (Lipinski definition) is 3. The molecule has 0 saturated carbocycles. The minimum absolute atomic E-state index is 0.145. The van der Waals surface area contributed by atoms with Crippen LogP contribution in [0.4, 0.5) is 4.39 Å². The minimum Gasteiger partial charge on any atom is -0.356 e. The van der Waals surface area contributed by atoms with Gasteiger partial charge >= 0.3 is 0 Å². The van der Waals surface area contributed by atoms with Gasteiger partial charge in [0.25, 0.3) is 0 Å². The van der Waals surface area contributed by atoms with Gasteiger partial charge in [-0.2, -0.15) is 0 Å². The van der Waals surface area contributed by atoms with Crippen molar-refractivity contribution in [1.29, 1.82) is 0 Å². The van der Waals surface area contributed by atoms with Gasteiger partial charge in [0, 0.05) is 45.2 Å². The first-order valence-electron chi connectivity index (χ1n) is 10.2. The van der Waals surface area contributed by atoms with Crippen LogP contribution >= 0.6 is 0 Å². The van der Waals surface area contributed by atoms with Crippen molar-refractivity contribution in [3.05, 3.63) is 71.5 Å². The predicted molar refractivity (Wildman–Crippen MR) is 108 cm³/mol. The molecule has 0 bridgehead atoms. The van der Waals surface area contributed by atoms with Crippen LogP contribution in [0.3, 0.4) is 0 Å². The Balaban J connectivity index is 1.31. The number of hydrogen-bond donors (Lipinski definition) is 2. The Kier molecular flexibility index (Phi) is 5.74. The van der Waals surface area contributed by atoms with E-state index in [1.54, 1.807) is 6.07 Å². The fourth-order valence-corrected chi connectivity index (χ4v) is 4.67. The summed E-state index contributed by atoms with van der Waals surface area (Å²) in [6.07, 6.45) is 1.39. The number of likely N-dealkylation sites (tertiary alicyclic amines) is 1. The van der Waals surface area contributed by atoms with Crippen molar-refractivity contribution in [1.82, 2.24) is 15.5 Å². The van der Waals surface area contributed by atoms with Crippen LogP contribution in [0, 0.1) is 17.2 Å². The molecular formula is C23H28FN3O. The fourth-order valence-electron chi connectivity index (χ4n) is 4.67. The first-order valence-corrected chi connectivity index (χ1v) is 10.2. The average molecular weight is 381 g/mol. The molecule has 2 fully saturated rings. The number of carbonyl (C=O) groups is 1. The second kappa shape index (κ2) is 8.41. The molecule has 0 aliphatic carbocycles. The van der Waals surface area contributed by atoms with Crippen molar-refractivity contribution < 1.29 is 9.18 Å². The molecule has 1 amide bonds. The number of nitrogens with zero attached hydrogens (tertiary/aromatic N) is 1. The van der Waals surface area contributed by atoms with Gasteiger partial charge in [0.1, 0.15) is 5.82 Å². The average Bonchev–Trinajstić information content (AvgIpc) is 3.25. The number of aryl methyl sites for hydroxylation is 1. The molecule has 0 aromatic heterocycles. The molecular weight excluding hydrogens is 353 g/mol. The van der Waals surface area contributed by atoms with Crippen molar-refractivity contribution in [2.45, 2.75) is 19.4 Å². The highest BCUT2D eigenvalue weighted by atomic mass is 19.1. The maximum Gasteiger partial charge on any atom is 0.229 e. The van der Waals surface area contributed by atoms with Crippen molar-refractivity contribution >= 4 is 5.91 Å². The molecule has 2 N–H and O–H groups in total. The summed E-state index contributed by atoms with van der Waals surface area (Å²) >= 11 is 0. The normalized spacial score (nSPS) is 24.2. The third-order valence-corrected chi connectivity index (χ3v) is 6.16. The van der Waals surface area contributed by atoms with Gasteiger partial charge in [-0.1, -0.05) is 48.5 Å². The molecule has 2 aliphatic rings. The van der Waals surface area contributed by atoms with Gasteiger partial charge in [-0.15, -0.1) is 0 Å². The third-order valence-electron chi connectivity index (χ3n) is 6.16. The standard InChI is InChI=1S/C23H28FN3O/c24-21-11-5-4-9-19(21)10-6-12-26-22(28)23-16-25-13-20(23)15-27(17-23)14-18-7-2-1-3-8-18/h1-5,7-9,11,20,25H,6,10,12-17H2,(H,26,28)/t20-,23-/m1/s1. The number of carbonyl (C=O) groups excluding carboxylic acids is 1. The maximum atomic E-state index is 13.7. The molecule has 5 heteroatoms. The number of fused-ring (bicyclic) bond motifs is 1.